The number of nitrogens with two attached hydrogens (primary N) is 1. The first kappa shape index (κ1) is 16.3. The number of halogens is 2. The van der Waals surface area contributed by atoms with E-state index in [0.29, 0.717) is 15.2 Å². The highest BCUT2D eigenvalue weighted by molar-refractivity contribution is 9.10. The van der Waals surface area contributed by atoms with E-state index < -0.39 is 16.1 Å². The Morgan fingerprint density at radius 1 is 1.24 bits per heavy atom. The molecule has 0 amide bonds. The van der Waals surface area contributed by atoms with Crippen molar-refractivity contribution in [2.75, 3.05) is 5.73 Å². The van der Waals surface area contributed by atoms with E-state index in [0.717, 1.165) is 5.56 Å². The molecule has 21 heavy (non-hydrogen) atoms. The summed E-state index contributed by atoms with van der Waals surface area (Å²) in [6.45, 7) is 1.76. The molecule has 112 valence electrons. The van der Waals surface area contributed by atoms with Gasteiger partial charge in [-0.2, -0.15) is 0 Å². The zero-order valence-corrected chi connectivity index (χ0v) is 14.3. The van der Waals surface area contributed by atoms with Crippen molar-refractivity contribution in [3.05, 3.63) is 57.5 Å². The molecule has 7 heteroatoms. The first-order valence-electron chi connectivity index (χ1n) is 6.12. The van der Waals surface area contributed by atoms with Crippen LogP contribution in [0.1, 0.15) is 18.5 Å². The molecule has 0 aliphatic heterocycles. The standard InChI is InChI=1S/C14H14BrClN2O2S/c1-9(10-3-2-4-11(16)7-10)18-21(19,20)12-5-6-14(17)13(15)8-12/h2-9,18H,17H2,1H3. The van der Waals surface area contributed by atoms with E-state index >= 15 is 0 Å². The van der Waals surface area contributed by atoms with Gasteiger partial charge in [0, 0.05) is 21.2 Å². The first-order valence-corrected chi connectivity index (χ1v) is 8.78. The van der Waals surface area contributed by atoms with E-state index in [1.807, 2.05) is 6.07 Å². The van der Waals surface area contributed by atoms with E-state index in [4.69, 9.17) is 17.3 Å². The molecule has 0 aliphatic rings. The maximum Gasteiger partial charge on any atom is 0.241 e. The van der Waals surface area contributed by atoms with Gasteiger partial charge in [-0.05, 0) is 58.7 Å². The Morgan fingerprint density at radius 2 is 1.95 bits per heavy atom. The highest BCUT2D eigenvalue weighted by atomic mass is 79.9. The van der Waals surface area contributed by atoms with Gasteiger partial charge < -0.3 is 5.73 Å². The monoisotopic (exact) mass is 388 g/mol. The van der Waals surface area contributed by atoms with Crippen LogP contribution < -0.4 is 10.5 Å². The number of anilines is 1. The van der Waals surface area contributed by atoms with Crippen LogP contribution in [0.15, 0.2) is 51.8 Å². The molecule has 0 aromatic heterocycles. The van der Waals surface area contributed by atoms with Gasteiger partial charge in [0.1, 0.15) is 0 Å². The predicted molar refractivity (Wildman–Crippen MR) is 88.7 cm³/mol. The molecule has 0 spiro atoms. The van der Waals surface area contributed by atoms with Gasteiger partial charge in [-0.3, -0.25) is 0 Å². The third kappa shape index (κ3) is 3.97. The van der Waals surface area contributed by atoms with Crippen molar-refractivity contribution in [3.63, 3.8) is 0 Å². The minimum absolute atomic E-state index is 0.150. The van der Waals surface area contributed by atoms with E-state index in [2.05, 4.69) is 20.7 Å². The van der Waals surface area contributed by atoms with Crippen LogP contribution in [-0.4, -0.2) is 8.42 Å². The van der Waals surface area contributed by atoms with Gasteiger partial charge in [0.25, 0.3) is 0 Å². The third-order valence-corrected chi connectivity index (χ3v) is 5.42. The lowest BCUT2D eigenvalue weighted by atomic mass is 10.1. The zero-order chi connectivity index (χ0) is 15.6. The van der Waals surface area contributed by atoms with Crippen LogP contribution in [0.5, 0.6) is 0 Å². The Balaban J connectivity index is 2.26. The lowest BCUT2D eigenvalue weighted by molar-refractivity contribution is 0.567. The van der Waals surface area contributed by atoms with Crippen LogP contribution in [0.25, 0.3) is 0 Å². The molecule has 2 aromatic carbocycles. The van der Waals surface area contributed by atoms with E-state index in [-0.39, 0.29) is 4.90 Å². The summed E-state index contributed by atoms with van der Waals surface area (Å²) in [5, 5.41) is 0.564. The number of nitrogens with one attached hydrogen (secondary N) is 1. The number of rotatable bonds is 4. The zero-order valence-electron chi connectivity index (χ0n) is 11.2. The van der Waals surface area contributed by atoms with Crippen molar-refractivity contribution >= 4 is 43.2 Å². The van der Waals surface area contributed by atoms with Gasteiger partial charge in [-0.1, -0.05) is 23.7 Å². The molecule has 4 nitrogen and oxygen atoms in total. The van der Waals surface area contributed by atoms with Crippen LogP contribution in [-0.2, 0) is 10.0 Å². The average Bonchev–Trinajstić information content (AvgIpc) is 2.41. The Hall–Kier alpha value is -1.08. The van der Waals surface area contributed by atoms with E-state index in [9.17, 15) is 8.42 Å². The summed E-state index contributed by atoms with van der Waals surface area (Å²) in [4.78, 5) is 0.150. The topological polar surface area (TPSA) is 72.2 Å². The number of nitrogen functional groups attached to an aromatic ring is 1. The summed E-state index contributed by atoms with van der Waals surface area (Å²) in [6, 6.07) is 11.2. The van der Waals surface area contributed by atoms with E-state index in [1.54, 1.807) is 31.2 Å². The molecule has 0 radical (unpaired) electrons. The molecule has 2 aromatic rings. The summed E-state index contributed by atoms with van der Waals surface area (Å²) >= 11 is 9.14. The minimum atomic E-state index is -3.64. The van der Waals surface area contributed by atoms with Gasteiger partial charge in [-0.25, -0.2) is 13.1 Å². The van der Waals surface area contributed by atoms with Crippen molar-refractivity contribution in [3.8, 4) is 0 Å². The second kappa shape index (κ2) is 6.36. The Kier molecular flexibility index (Phi) is 4.93. The minimum Gasteiger partial charge on any atom is -0.398 e. The number of sulfonamides is 1. The van der Waals surface area contributed by atoms with E-state index in [1.165, 1.54) is 12.1 Å². The number of hydrogen-bond acceptors (Lipinski definition) is 3. The van der Waals surface area contributed by atoms with Crippen LogP contribution in [0.4, 0.5) is 5.69 Å². The second-order valence-electron chi connectivity index (χ2n) is 4.58. The third-order valence-electron chi connectivity index (χ3n) is 2.96. The molecular weight excluding hydrogens is 376 g/mol. The lowest BCUT2D eigenvalue weighted by Crippen LogP contribution is -2.26. The second-order valence-corrected chi connectivity index (χ2v) is 7.59. The van der Waals surface area contributed by atoms with Gasteiger partial charge in [0.05, 0.1) is 4.90 Å². The smallest absolute Gasteiger partial charge is 0.241 e. The van der Waals surface area contributed by atoms with Gasteiger partial charge in [0.15, 0.2) is 0 Å². The summed E-state index contributed by atoms with van der Waals surface area (Å²) in [7, 11) is -3.64. The van der Waals surface area contributed by atoms with Crippen molar-refractivity contribution in [2.45, 2.75) is 17.9 Å². The molecule has 0 heterocycles. The molecule has 0 fully saturated rings. The predicted octanol–water partition coefficient (Wildman–Crippen LogP) is 3.72. The molecule has 0 bridgehead atoms. The highest BCUT2D eigenvalue weighted by Crippen LogP contribution is 2.25. The molecular formula is C14H14BrClN2O2S. The van der Waals surface area contributed by atoms with Crippen molar-refractivity contribution < 1.29 is 8.42 Å². The fourth-order valence-electron chi connectivity index (χ4n) is 1.82. The normalized spacial score (nSPS) is 13.1. The number of benzene rings is 2. The maximum atomic E-state index is 12.4. The SMILES string of the molecule is CC(NS(=O)(=O)c1ccc(N)c(Br)c1)c1cccc(Cl)c1. The maximum absolute atomic E-state index is 12.4. The summed E-state index contributed by atoms with van der Waals surface area (Å²) < 4.78 is 27.9. The number of hydrogen-bond donors (Lipinski definition) is 2. The van der Waals surface area contributed by atoms with Gasteiger partial charge in [-0.15, -0.1) is 0 Å². The molecule has 0 aliphatic carbocycles. The van der Waals surface area contributed by atoms with Crippen LogP contribution >= 0.6 is 27.5 Å². The fraction of sp³-hybridized carbons (Fsp3) is 0.143. The van der Waals surface area contributed by atoms with Gasteiger partial charge >= 0.3 is 0 Å². The Morgan fingerprint density at radius 3 is 2.57 bits per heavy atom. The Labute approximate surface area is 137 Å². The molecule has 1 unspecified atom stereocenters. The fourth-order valence-corrected chi connectivity index (χ4v) is 3.81. The average molecular weight is 390 g/mol. The largest absolute Gasteiger partial charge is 0.398 e. The quantitative estimate of drug-likeness (QED) is 0.783. The van der Waals surface area contributed by atoms with Gasteiger partial charge in [0.2, 0.25) is 10.0 Å². The molecule has 0 saturated heterocycles. The van der Waals surface area contributed by atoms with Crippen molar-refractivity contribution in [2.24, 2.45) is 0 Å². The summed E-state index contributed by atoms with van der Waals surface area (Å²) in [6.07, 6.45) is 0. The molecule has 1 atom stereocenters. The Bertz CT molecular complexity index is 765. The van der Waals surface area contributed by atoms with Crippen LogP contribution in [0.3, 0.4) is 0 Å². The summed E-state index contributed by atoms with van der Waals surface area (Å²) in [5.41, 5.74) is 6.94. The first-order chi connectivity index (χ1) is 9.79. The summed E-state index contributed by atoms with van der Waals surface area (Å²) in [5.74, 6) is 0. The van der Waals surface area contributed by atoms with Crippen molar-refractivity contribution in [1.82, 2.24) is 4.72 Å². The molecule has 2 rings (SSSR count). The molecule has 3 N–H and O–H groups in total. The van der Waals surface area contributed by atoms with Crippen LogP contribution in [0, 0.1) is 0 Å². The lowest BCUT2D eigenvalue weighted by Gasteiger charge is -2.15. The van der Waals surface area contributed by atoms with Crippen LogP contribution in [0.2, 0.25) is 5.02 Å². The van der Waals surface area contributed by atoms with Crippen molar-refractivity contribution in [1.29, 1.82) is 0 Å². The molecule has 0 saturated carbocycles. The highest BCUT2D eigenvalue weighted by Gasteiger charge is 2.19.